The molecule has 3 heteroatoms. The molecule has 0 spiro atoms. The van der Waals surface area contributed by atoms with E-state index >= 15 is 0 Å². The second-order valence-corrected chi connectivity index (χ2v) is 2.77. The lowest BCUT2D eigenvalue weighted by Gasteiger charge is -2.03. The van der Waals surface area contributed by atoms with E-state index in [0.717, 1.165) is 0 Å². The van der Waals surface area contributed by atoms with Gasteiger partial charge >= 0.3 is 6.09 Å². The minimum atomic E-state index is -0.402. The summed E-state index contributed by atoms with van der Waals surface area (Å²) in [6.45, 7) is 0. The molecule has 0 radical (unpaired) electrons. The molecular formula is C11H9NO2. The predicted molar refractivity (Wildman–Crippen MR) is 52.3 cm³/mol. The summed E-state index contributed by atoms with van der Waals surface area (Å²) in [4.78, 5) is 11.4. The van der Waals surface area contributed by atoms with Crippen LogP contribution in [0.2, 0.25) is 0 Å². The lowest BCUT2D eigenvalue weighted by atomic mass is 10.3. The van der Waals surface area contributed by atoms with Crippen molar-refractivity contribution < 1.29 is 9.53 Å². The number of hydrogen-bond donors (Lipinski definition) is 0. The summed E-state index contributed by atoms with van der Waals surface area (Å²) >= 11 is 0. The normalized spacial score (nSPS) is 9.71. The quantitative estimate of drug-likeness (QED) is 0.686. The third kappa shape index (κ3) is 1.82. The molecule has 14 heavy (non-hydrogen) atoms. The second-order valence-electron chi connectivity index (χ2n) is 2.77. The van der Waals surface area contributed by atoms with Crippen LogP contribution in [0.15, 0.2) is 54.9 Å². The highest BCUT2D eigenvalue weighted by atomic mass is 16.6. The Hall–Kier alpha value is -2.03. The average molecular weight is 187 g/mol. The minimum absolute atomic E-state index is 0.402. The number of para-hydroxylation sites is 1. The monoisotopic (exact) mass is 187 g/mol. The lowest BCUT2D eigenvalue weighted by Crippen LogP contribution is -2.14. The van der Waals surface area contributed by atoms with Gasteiger partial charge in [0.15, 0.2) is 0 Å². The SMILES string of the molecule is O=C(Oc1ccccc1)n1cccc1. The first-order valence-corrected chi connectivity index (χ1v) is 4.26. The molecule has 1 aromatic heterocycles. The maximum atomic E-state index is 11.4. The Kier molecular flexibility index (Phi) is 2.32. The van der Waals surface area contributed by atoms with Crippen LogP contribution in [0.3, 0.4) is 0 Å². The van der Waals surface area contributed by atoms with Crippen molar-refractivity contribution in [1.29, 1.82) is 0 Å². The molecule has 1 heterocycles. The fraction of sp³-hybridized carbons (Fsp3) is 0. The van der Waals surface area contributed by atoms with E-state index in [1.54, 1.807) is 36.7 Å². The Morgan fingerprint density at radius 3 is 2.29 bits per heavy atom. The van der Waals surface area contributed by atoms with Gasteiger partial charge in [-0.05, 0) is 24.3 Å². The Bertz CT molecular complexity index is 406. The first-order chi connectivity index (χ1) is 6.86. The molecule has 0 unspecified atom stereocenters. The molecule has 2 rings (SSSR count). The Balaban J connectivity index is 2.10. The molecule has 70 valence electrons. The zero-order valence-electron chi connectivity index (χ0n) is 7.46. The Labute approximate surface area is 81.5 Å². The van der Waals surface area contributed by atoms with Crippen LogP contribution < -0.4 is 4.74 Å². The van der Waals surface area contributed by atoms with Gasteiger partial charge in [-0.15, -0.1) is 0 Å². The minimum Gasteiger partial charge on any atom is -0.410 e. The van der Waals surface area contributed by atoms with Crippen molar-refractivity contribution in [1.82, 2.24) is 4.57 Å². The number of aromatic nitrogens is 1. The number of nitrogens with zero attached hydrogens (tertiary/aromatic N) is 1. The third-order valence-corrected chi connectivity index (χ3v) is 1.76. The van der Waals surface area contributed by atoms with Crippen molar-refractivity contribution >= 4 is 6.09 Å². The number of hydrogen-bond acceptors (Lipinski definition) is 2. The highest BCUT2D eigenvalue weighted by Crippen LogP contribution is 2.09. The van der Waals surface area contributed by atoms with E-state index in [9.17, 15) is 4.79 Å². The van der Waals surface area contributed by atoms with Gasteiger partial charge in [-0.2, -0.15) is 0 Å². The van der Waals surface area contributed by atoms with Gasteiger partial charge in [0.2, 0.25) is 0 Å². The summed E-state index contributed by atoms with van der Waals surface area (Å²) in [5.74, 6) is 0.547. The van der Waals surface area contributed by atoms with E-state index in [2.05, 4.69) is 0 Å². The van der Waals surface area contributed by atoms with Crippen molar-refractivity contribution in [2.24, 2.45) is 0 Å². The Morgan fingerprint density at radius 2 is 1.64 bits per heavy atom. The predicted octanol–water partition coefficient (Wildman–Crippen LogP) is 2.54. The van der Waals surface area contributed by atoms with Crippen LogP contribution in [0.5, 0.6) is 5.75 Å². The van der Waals surface area contributed by atoms with Crippen LogP contribution in [0.1, 0.15) is 0 Å². The standard InChI is InChI=1S/C11H9NO2/c13-11(12-8-4-5-9-12)14-10-6-2-1-3-7-10/h1-9H. The first kappa shape index (κ1) is 8.56. The zero-order valence-corrected chi connectivity index (χ0v) is 7.46. The lowest BCUT2D eigenvalue weighted by molar-refractivity contribution is 0.202. The van der Waals surface area contributed by atoms with E-state index in [0.29, 0.717) is 5.75 Å². The van der Waals surface area contributed by atoms with Gasteiger partial charge in [-0.25, -0.2) is 4.79 Å². The molecular weight excluding hydrogens is 178 g/mol. The van der Waals surface area contributed by atoms with Crippen molar-refractivity contribution in [3.05, 3.63) is 54.9 Å². The number of carbonyl (C=O) groups is 1. The van der Waals surface area contributed by atoms with Crippen molar-refractivity contribution in [2.45, 2.75) is 0 Å². The van der Waals surface area contributed by atoms with Crippen LogP contribution in [0.4, 0.5) is 4.79 Å². The molecule has 0 fully saturated rings. The summed E-state index contributed by atoms with van der Waals surface area (Å²) in [6.07, 6.45) is 2.89. The molecule has 0 atom stereocenters. The summed E-state index contributed by atoms with van der Waals surface area (Å²) in [6, 6.07) is 12.5. The van der Waals surface area contributed by atoms with Crippen LogP contribution in [0, 0.1) is 0 Å². The molecule has 2 aromatic rings. The van der Waals surface area contributed by atoms with Gasteiger partial charge in [-0.1, -0.05) is 18.2 Å². The van der Waals surface area contributed by atoms with Gasteiger partial charge in [0.1, 0.15) is 5.75 Å². The molecule has 0 aliphatic rings. The van der Waals surface area contributed by atoms with E-state index in [4.69, 9.17) is 4.74 Å². The number of rotatable bonds is 1. The van der Waals surface area contributed by atoms with E-state index in [1.807, 2.05) is 18.2 Å². The first-order valence-electron chi connectivity index (χ1n) is 4.26. The van der Waals surface area contributed by atoms with E-state index in [-0.39, 0.29) is 0 Å². The highest BCUT2D eigenvalue weighted by molar-refractivity contribution is 5.73. The maximum Gasteiger partial charge on any atom is 0.423 e. The highest BCUT2D eigenvalue weighted by Gasteiger charge is 2.04. The van der Waals surface area contributed by atoms with Gasteiger partial charge in [0.25, 0.3) is 0 Å². The Morgan fingerprint density at radius 1 is 1.00 bits per heavy atom. The average Bonchev–Trinajstić information content (AvgIpc) is 2.72. The van der Waals surface area contributed by atoms with Crippen molar-refractivity contribution in [3.8, 4) is 5.75 Å². The summed E-state index contributed by atoms with van der Waals surface area (Å²) in [5, 5.41) is 0. The molecule has 0 aliphatic heterocycles. The van der Waals surface area contributed by atoms with Gasteiger partial charge < -0.3 is 4.74 Å². The largest absolute Gasteiger partial charge is 0.423 e. The molecule has 0 saturated carbocycles. The molecule has 0 N–H and O–H groups in total. The number of benzene rings is 1. The molecule has 0 bridgehead atoms. The zero-order chi connectivity index (χ0) is 9.80. The van der Waals surface area contributed by atoms with Gasteiger partial charge in [0.05, 0.1) is 0 Å². The molecule has 0 saturated heterocycles. The summed E-state index contributed by atoms with van der Waals surface area (Å²) < 4.78 is 6.46. The van der Waals surface area contributed by atoms with E-state index in [1.165, 1.54) is 4.57 Å². The second kappa shape index (κ2) is 3.79. The number of ether oxygens (including phenoxy) is 1. The van der Waals surface area contributed by atoms with E-state index < -0.39 is 6.09 Å². The topological polar surface area (TPSA) is 31.2 Å². The molecule has 0 aliphatic carbocycles. The number of carbonyl (C=O) groups excluding carboxylic acids is 1. The third-order valence-electron chi connectivity index (χ3n) is 1.76. The van der Waals surface area contributed by atoms with Gasteiger partial charge in [-0.3, -0.25) is 4.57 Å². The van der Waals surface area contributed by atoms with Crippen molar-refractivity contribution in [3.63, 3.8) is 0 Å². The molecule has 3 nitrogen and oxygen atoms in total. The van der Waals surface area contributed by atoms with Gasteiger partial charge in [0, 0.05) is 12.4 Å². The smallest absolute Gasteiger partial charge is 0.410 e. The van der Waals surface area contributed by atoms with Crippen molar-refractivity contribution in [2.75, 3.05) is 0 Å². The molecule has 1 aromatic carbocycles. The fourth-order valence-electron chi connectivity index (χ4n) is 1.10. The molecule has 0 amide bonds. The van der Waals surface area contributed by atoms with Crippen LogP contribution in [-0.2, 0) is 0 Å². The van der Waals surface area contributed by atoms with Crippen LogP contribution in [-0.4, -0.2) is 10.7 Å². The fourth-order valence-corrected chi connectivity index (χ4v) is 1.10. The van der Waals surface area contributed by atoms with Crippen LogP contribution >= 0.6 is 0 Å². The summed E-state index contributed by atoms with van der Waals surface area (Å²) in [7, 11) is 0. The van der Waals surface area contributed by atoms with Crippen LogP contribution in [0.25, 0.3) is 0 Å². The maximum absolute atomic E-state index is 11.4. The summed E-state index contributed by atoms with van der Waals surface area (Å²) in [5.41, 5.74) is 0.